The first kappa shape index (κ1) is 29.8. The van der Waals surface area contributed by atoms with Gasteiger partial charge in [0.05, 0.1) is 0 Å². The van der Waals surface area contributed by atoms with Crippen LogP contribution in [0.25, 0.3) is 0 Å². The van der Waals surface area contributed by atoms with E-state index in [1.165, 1.54) is 0 Å². The second-order valence-corrected chi connectivity index (χ2v) is 5.13. The van der Waals surface area contributed by atoms with Gasteiger partial charge in [0, 0.05) is 11.9 Å². The molecule has 0 saturated heterocycles. The van der Waals surface area contributed by atoms with Crippen LogP contribution in [0.15, 0.2) is 0 Å². The number of hydrogen-bond donors (Lipinski definition) is 0. The molecule has 5 nitrogen and oxygen atoms in total. The van der Waals surface area contributed by atoms with E-state index < -0.39 is 11.9 Å². The molecule has 0 amide bonds. The van der Waals surface area contributed by atoms with Crippen molar-refractivity contribution in [3.8, 4) is 0 Å². The van der Waals surface area contributed by atoms with Gasteiger partial charge >= 0.3 is 26.2 Å². The fourth-order valence-electron chi connectivity index (χ4n) is 1.88. The standard InChI is InChI=1S/2C8H16O2.H2O.Zr/c2*1-3-5-6-7(4-2)8(9)10;;/h2*7H,3-6H2,1-2H3,(H,9,10);1H2;/q;;;+2/p-2. The van der Waals surface area contributed by atoms with Crippen molar-refractivity contribution in [1.82, 2.24) is 0 Å². The van der Waals surface area contributed by atoms with Gasteiger partial charge in [0.1, 0.15) is 0 Å². The number of carbonyl (C=O) groups is 2. The van der Waals surface area contributed by atoms with Gasteiger partial charge in [-0.3, -0.25) is 0 Å². The third kappa shape index (κ3) is 17.8. The van der Waals surface area contributed by atoms with Crippen LogP contribution in [0.4, 0.5) is 0 Å². The summed E-state index contributed by atoms with van der Waals surface area (Å²) >= 11 is 0. The zero-order chi connectivity index (χ0) is 16.0. The monoisotopic (exact) mass is 394 g/mol. The van der Waals surface area contributed by atoms with Crippen molar-refractivity contribution in [1.29, 1.82) is 0 Å². The molecule has 2 N–H and O–H groups in total. The Morgan fingerprint density at radius 2 is 1.05 bits per heavy atom. The van der Waals surface area contributed by atoms with Gasteiger partial charge in [-0.15, -0.1) is 0 Å². The molecular formula is C16H32O5Zr. The minimum atomic E-state index is -0.893. The zero-order valence-electron chi connectivity index (χ0n) is 14.4. The molecule has 0 aliphatic heterocycles. The molecule has 0 heterocycles. The Bertz CT molecular complexity index is 233. The summed E-state index contributed by atoms with van der Waals surface area (Å²) in [6, 6.07) is 0. The molecule has 6 heteroatoms. The van der Waals surface area contributed by atoms with Crippen molar-refractivity contribution in [2.75, 3.05) is 0 Å². The van der Waals surface area contributed by atoms with Crippen LogP contribution in [0.3, 0.4) is 0 Å². The van der Waals surface area contributed by atoms with E-state index in [9.17, 15) is 19.8 Å². The molecule has 0 aliphatic carbocycles. The largest absolute Gasteiger partial charge is 2.00 e. The van der Waals surface area contributed by atoms with Gasteiger partial charge in [-0.2, -0.15) is 0 Å². The van der Waals surface area contributed by atoms with Gasteiger partial charge in [-0.05, 0) is 37.5 Å². The Labute approximate surface area is 154 Å². The molecule has 2 unspecified atom stereocenters. The molecule has 0 aliphatic rings. The summed E-state index contributed by atoms with van der Waals surface area (Å²) in [5, 5.41) is 20.7. The Morgan fingerprint density at radius 1 is 0.773 bits per heavy atom. The SMILES string of the molecule is CCCCC(CC)C(=O)[O-].CCCCC(CC)C(=O)[O-].O.[Zr+2]. The molecule has 130 valence electrons. The van der Waals surface area contributed by atoms with Crippen molar-refractivity contribution >= 4 is 11.9 Å². The van der Waals surface area contributed by atoms with Gasteiger partial charge < -0.3 is 25.3 Å². The Morgan fingerprint density at radius 3 is 1.18 bits per heavy atom. The van der Waals surface area contributed by atoms with Crippen molar-refractivity contribution < 1.29 is 51.5 Å². The normalized spacial score (nSPS) is 11.8. The van der Waals surface area contributed by atoms with Crippen LogP contribution in [0, 0.1) is 11.8 Å². The van der Waals surface area contributed by atoms with Crippen LogP contribution < -0.4 is 10.2 Å². The summed E-state index contributed by atoms with van der Waals surface area (Å²) in [5.41, 5.74) is 0. The van der Waals surface area contributed by atoms with E-state index in [0.29, 0.717) is 12.8 Å². The molecular weight excluding hydrogens is 363 g/mol. The number of rotatable bonds is 10. The van der Waals surface area contributed by atoms with Gasteiger partial charge in [-0.25, -0.2) is 0 Å². The number of unbranched alkanes of at least 4 members (excludes halogenated alkanes) is 2. The summed E-state index contributed by atoms with van der Waals surface area (Å²) in [7, 11) is 0. The van der Waals surface area contributed by atoms with Crippen molar-refractivity contribution in [3.63, 3.8) is 0 Å². The predicted octanol–water partition coefficient (Wildman–Crippen LogP) is 1.08. The molecule has 0 fully saturated rings. The molecule has 0 saturated carbocycles. The molecule has 0 aromatic rings. The van der Waals surface area contributed by atoms with Crippen LogP contribution in [-0.2, 0) is 35.8 Å². The van der Waals surface area contributed by atoms with Crippen LogP contribution in [0.5, 0.6) is 0 Å². The van der Waals surface area contributed by atoms with Crippen molar-refractivity contribution in [2.24, 2.45) is 11.8 Å². The van der Waals surface area contributed by atoms with Crippen molar-refractivity contribution in [2.45, 2.75) is 79.1 Å². The minimum absolute atomic E-state index is 0. The maximum Gasteiger partial charge on any atom is 2.00 e. The van der Waals surface area contributed by atoms with Crippen LogP contribution in [-0.4, -0.2) is 17.4 Å². The summed E-state index contributed by atoms with van der Waals surface area (Å²) in [4.78, 5) is 20.7. The van der Waals surface area contributed by atoms with E-state index >= 15 is 0 Å². The molecule has 0 aromatic heterocycles. The van der Waals surface area contributed by atoms with Gasteiger partial charge in [0.2, 0.25) is 0 Å². The van der Waals surface area contributed by atoms with Crippen molar-refractivity contribution in [3.05, 3.63) is 0 Å². The molecule has 0 aromatic carbocycles. The van der Waals surface area contributed by atoms with Gasteiger partial charge in [0.15, 0.2) is 0 Å². The Balaban J connectivity index is -0.000000135. The summed E-state index contributed by atoms with van der Waals surface area (Å²) < 4.78 is 0. The molecule has 22 heavy (non-hydrogen) atoms. The molecule has 0 radical (unpaired) electrons. The van der Waals surface area contributed by atoms with Gasteiger partial charge in [-0.1, -0.05) is 53.4 Å². The van der Waals surface area contributed by atoms with E-state index in [1.54, 1.807) is 0 Å². The molecule has 0 bridgehead atoms. The first-order chi connectivity index (χ1) is 9.44. The number of carboxylic acids is 2. The average Bonchev–Trinajstić information content (AvgIpc) is 2.40. The fourth-order valence-corrected chi connectivity index (χ4v) is 1.88. The van der Waals surface area contributed by atoms with Crippen LogP contribution in [0.2, 0.25) is 0 Å². The van der Waals surface area contributed by atoms with E-state index in [2.05, 4.69) is 13.8 Å². The minimum Gasteiger partial charge on any atom is -0.550 e. The fraction of sp³-hybridized carbons (Fsp3) is 0.875. The maximum absolute atomic E-state index is 10.3. The topological polar surface area (TPSA) is 112 Å². The van der Waals surface area contributed by atoms with Gasteiger partial charge in [0.25, 0.3) is 0 Å². The first-order valence-corrected chi connectivity index (χ1v) is 7.86. The molecule has 2 atom stereocenters. The number of aliphatic carboxylic acids is 2. The second kappa shape index (κ2) is 20.8. The van der Waals surface area contributed by atoms with E-state index in [1.807, 2.05) is 13.8 Å². The second-order valence-electron chi connectivity index (χ2n) is 5.13. The number of hydrogen-bond acceptors (Lipinski definition) is 4. The average molecular weight is 396 g/mol. The predicted molar refractivity (Wildman–Crippen MR) is 80.2 cm³/mol. The molecule has 0 spiro atoms. The number of carbonyl (C=O) groups excluding carboxylic acids is 2. The molecule has 0 rings (SSSR count). The summed E-state index contributed by atoms with van der Waals surface area (Å²) in [6.45, 7) is 7.89. The summed E-state index contributed by atoms with van der Waals surface area (Å²) in [5.74, 6) is -2.23. The third-order valence-electron chi connectivity index (χ3n) is 3.46. The third-order valence-corrected chi connectivity index (χ3v) is 3.46. The van der Waals surface area contributed by atoms with E-state index in [0.717, 1.165) is 38.5 Å². The maximum atomic E-state index is 10.3. The first-order valence-electron chi connectivity index (χ1n) is 7.86. The quantitative estimate of drug-likeness (QED) is 0.551. The van der Waals surface area contributed by atoms with E-state index in [4.69, 9.17) is 0 Å². The summed E-state index contributed by atoms with van der Waals surface area (Å²) in [6.07, 6.45) is 7.04. The van der Waals surface area contributed by atoms with E-state index in [-0.39, 0.29) is 43.5 Å². The number of carboxylic acid groups (broad SMARTS) is 2. The Hall–Kier alpha value is -0.217. The van der Waals surface area contributed by atoms with Crippen LogP contribution in [0.1, 0.15) is 79.1 Å². The Kier molecular flexibility index (Phi) is 28.1. The van der Waals surface area contributed by atoms with Crippen LogP contribution >= 0.6 is 0 Å². The zero-order valence-corrected chi connectivity index (χ0v) is 16.9. The smallest absolute Gasteiger partial charge is 0.550 e.